The van der Waals surface area contributed by atoms with E-state index in [9.17, 15) is 4.79 Å². The average Bonchev–Trinajstić information content (AvgIpc) is 3.04. The minimum absolute atomic E-state index is 0.0886. The van der Waals surface area contributed by atoms with Gasteiger partial charge in [-0.15, -0.1) is 0 Å². The van der Waals surface area contributed by atoms with Gasteiger partial charge >= 0.3 is 0 Å². The van der Waals surface area contributed by atoms with Crippen LogP contribution in [0.25, 0.3) is 5.52 Å². The summed E-state index contributed by atoms with van der Waals surface area (Å²) in [6.07, 6.45) is 3.74. The van der Waals surface area contributed by atoms with Crippen molar-refractivity contribution in [2.75, 3.05) is 18.5 Å². The number of nitrogens with zero attached hydrogens (tertiary/aromatic N) is 2. The summed E-state index contributed by atoms with van der Waals surface area (Å²) in [7, 11) is 0. The number of hydrogen-bond acceptors (Lipinski definition) is 5. The second-order valence-corrected chi connectivity index (χ2v) is 6.95. The maximum absolute atomic E-state index is 12.5. The van der Waals surface area contributed by atoms with Crippen LogP contribution < -0.4 is 14.8 Å². The molecule has 1 aliphatic heterocycles. The lowest BCUT2D eigenvalue weighted by atomic mass is 10.2. The lowest BCUT2D eigenvalue weighted by Crippen LogP contribution is -2.23. The summed E-state index contributed by atoms with van der Waals surface area (Å²) in [4.78, 5) is 16.9. The van der Waals surface area contributed by atoms with E-state index in [-0.39, 0.29) is 11.2 Å². The van der Waals surface area contributed by atoms with Crippen molar-refractivity contribution in [2.45, 2.75) is 17.3 Å². The maximum Gasteiger partial charge on any atom is 0.237 e. The third-order valence-electron chi connectivity index (χ3n) is 3.87. The van der Waals surface area contributed by atoms with Crippen molar-refractivity contribution in [3.63, 3.8) is 0 Å². The molecular weight excluding hydrogens is 338 g/mol. The number of aromatic nitrogens is 2. The summed E-state index contributed by atoms with van der Waals surface area (Å²) in [6.45, 7) is 2.93. The number of carbonyl (C=O) groups is 1. The molecule has 3 aromatic rings. The molecular formula is C18H17N3O3S. The smallest absolute Gasteiger partial charge is 0.237 e. The standard InChI is InChI=1S/C18H17N3O3S/c1-12(25-18-19-11-14-4-2-3-7-21(14)18)17(22)20-13-5-6-15-16(10-13)24-9-8-23-15/h2-7,10-12H,8-9H2,1H3,(H,20,22)/t12-/m0/s1. The van der Waals surface area contributed by atoms with Gasteiger partial charge in [-0.1, -0.05) is 17.8 Å². The van der Waals surface area contributed by atoms with Crippen molar-refractivity contribution >= 4 is 28.9 Å². The molecule has 3 heterocycles. The van der Waals surface area contributed by atoms with E-state index < -0.39 is 0 Å². The van der Waals surface area contributed by atoms with Crippen molar-refractivity contribution in [3.05, 3.63) is 48.8 Å². The Morgan fingerprint density at radius 3 is 2.96 bits per heavy atom. The highest BCUT2D eigenvalue weighted by atomic mass is 32.2. The topological polar surface area (TPSA) is 64.9 Å². The number of thioether (sulfide) groups is 1. The number of pyridine rings is 1. The van der Waals surface area contributed by atoms with Gasteiger partial charge in [0.1, 0.15) is 13.2 Å². The van der Waals surface area contributed by atoms with E-state index >= 15 is 0 Å². The number of imidazole rings is 1. The predicted octanol–water partition coefficient (Wildman–Crippen LogP) is 3.22. The highest BCUT2D eigenvalue weighted by Gasteiger charge is 2.19. The fourth-order valence-corrected chi connectivity index (χ4v) is 3.46. The van der Waals surface area contributed by atoms with E-state index in [0.29, 0.717) is 30.4 Å². The van der Waals surface area contributed by atoms with Crippen molar-refractivity contribution < 1.29 is 14.3 Å². The molecule has 6 nitrogen and oxygen atoms in total. The van der Waals surface area contributed by atoms with Gasteiger partial charge in [0, 0.05) is 18.0 Å². The van der Waals surface area contributed by atoms with Crippen LogP contribution in [-0.2, 0) is 4.79 Å². The summed E-state index contributed by atoms with van der Waals surface area (Å²) in [5, 5.41) is 3.42. The highest BCUT2D eigenvalue weighted by molar-refractivity contribution is 8.00. The van der Waals surface area contributed by atoms with Gasteiger partial charge in [-0.2, -0.15) is 0 Å². The highest BCUT2D eigenvalue weighted by Crippen LogP contribution is 2.33. The molecule has 1 N–H and O–H groups in total. The van der Waals surface area contributed by atoms with Gasteiger partial charge in [0.05, 0.1) is 17.0 Å². The van der Waals surface area contributed by atoms with Crippen LogP contribution in [0, 0.1) is 0 Å². The summed E-state index contributed by atoms with van der Waals surface area (Å²) < 4.78 is 13.0. The molecule has 25 heavy (non-hydrogen) atoms. The summed E-state index contributed by atoms with van der Waals surface area (Å²) in [5.41, 5.74) is 1.69. The van der Waals surface area contributed by atoms with E-state index in [2.05, 4.69) is 10.3 Å². The largest absolute Gasteiger partial charge is 0.486 e. The van der Waals surface area contributed by atoms with Crippen LogP contribution >= 0.6 is 11.8 Å². The number of ether oxygens (including phenoxy) is 2. The van der Waals surface area contributed by atoms with Gasteiger partial charge in [-0.05, 0) is 31.2 Å². The van der Waals surface area contributed by atoms with E-state index in [1.54, 1.807) is 12.3 Å². The summed E-state index contributed by atoms with van der Waals surface area (Å²) in [5.74, 6) is 1.27. The van der Waals surface area contributed by atoms with Crippen molar-refractivity contribution in [2.24, 2.45) is 0 Å². The maximum atomic E-state index is 12.5. The van der Waals surface area contributed by atoms with Crippen molar-refractivity contribution in [3.8, 4) is 11.5 Å². The van der Waals surface area contributed by atoms with Gasteiger partial charge in [0.25, 0.3) is 0 Å². The molecule has 0 aliphatic carbocycles. The monoisotopic (exact) mass is 355 g/mol. The molecule has 0 fully saturated rings. The zero-order chi connectivity index (χ0) is 17.2. The van der Waals surface area contributed by atoms with Crippen molar-refractivity contribution in [1.82, 2.24) is 9.38 Å². The molecule has 0 radical (unpaired) electrons. The van der Waals surface area contributed by atoms with Crippen LogP contribution in [0.15, 0.2) is 53.9 Å². The number of fused-ring (bicyclic) bond motifs is 2. The van der Waals surface area contributed by atoms with E-state index in [1.807, 2.05) is 47.9 Å². The van der Waals surface area contributed by atoms with E-state index in [1.165, 1.54) is 11.8 Å². The first-order chi connectivity index (χ1) is 12.2. The third kappa shape index (κ3) is 3.28. The van der Waals surface area contributed by atoms with E-state index in [4.69, 9.17) is 9.47 Å². The normalized spacial score (nSPS) is 14.3. The first kappa shape index (κ1) is 15.8. The Morgan fingerprint density at radius 1 is 1.24 bits per heavy atom. The molecule has 0 bridgehead atoms. The molecule has 128 valence electrons. The lowest BCUT2D eigenvalue weighted by Gasteiger charge is -2.19. The Balaban J connectivity index is 1.45. The SMILES string of the molecule is C[C@H](Sc1ncc2ccccn12)C(=O)Nc1ccc2c(c1)OCCO2. The van der Waals surface area contributed by atoms with Gasteiger partial charge in [0.2, 0.25) is 5.91 Å². The lowest BCUT2D eigenvalue weighted by molar-refractivity contribution is -0.115. The van der Waals surface area contributed by atoms with Gasteiger partial charge in [-0.25, -0.2) is 4.98 Å². The minimum Gasteiger partial charge on any atom is -0.486 e. The number of rotatable bonds is 4. The molecule has 1 amide bonds. The van der Waals surface area contributed by atoms with Gasteiger partial charge in [0.15, 0.2) is 16.7 Å². The van der Waals surface area contributed by atoms with Gasteiger partial charge in [-0.3, -0.25) is 9.20 Å². The fourth-order valence-electron chi connectivity index (χ4n) is 2.58. The number of benzene rings is 1. The first-order valence-electron chi connectivity index (χ1n) is 8.00. The molecule has 1 atom stereocenters. The van der Waals surface area contributed by atoms with Crippen LogP contribution in [0.2, 0.25) is 0 Å². The second-order valence-electron chi connectivity index (χ2n) is 5.64. The quantitative estimate of drug-likeness (QED) is 0.728. The number of nitrogens with one attached hydrogen (secondary N) is 1. The van der Waals surface area contributed by atoms with Crippen LogP contribution in [0.4, 0.5) is 5.69 Å². The van der Waals surface area contributed by atoms with Crippen LogP contribution in [0.5, 0.6) is 11.5 Å². The van der Waals surface area contributed by atoms with Crippen LogP contribution in [-0.4, -0.2) is 33.8 Å². The summed E-state index contributed by atoms with van der Waals surface area (Å²) in [6, 6.07) is 11.3. The zero-order valence-electron chi connectivity index (χ0n) is 13.6. The molecule has 0 unspecified atom stereocenters. The minimum atomic E-state index is -0.293. The number of amides is 1. The molecule has 0 spiro atoms. The Morgan fingerprint density at radius 2 is 2.08 bits per heavy atom. The Kier molecular flexibility index (Phi) is 4.23. The second kappa shape index (κ2) is 6.68. The number of anilines is 1. The third-order valence-corrected chi connectivity index (χ3v) is 4.95. The molecule has 1 aliphatic rings. The fraction of sp³-hybridized carbons (Fsp3) is 0.222. The summed E-state index contributed by atoms with van der Waals surface area (Å²) >= 11 is 1.42. The predicted molar refractivity (Wildman–Crippen MR) is 96.6 cm³/mol. The molecule has 0 saturated heterocycles. The molecule has 0 saturated carbocycles. The van der Waals surface area contributed by atoms with Crippen LogP contribution in [0.1, 0.15) is 6.92 Å². The number of hydrogen-bond donors (Lipinski definition) is 1. The Hall–Kier alpha value is -2.67. The average molecular weight is 355 g/mol. The first-order valence-corrected chi connectivity index (χ1v) is 8.88. The number of carbonyl (C=O) groups excluding carboxylic acids is 1. The molecule has 4 rings (SSSR count). The van der Waals surface area contributed by atoms with E-state index in [0.717, 1.165) is 10.7 Å². The van der Waals surface area contributed by atoms with Crippen molar-refractivity contribution in [1.29, 1.82) is 0 Å². The van der Waals surface area contributed by atoms with Gasteiger partial charge < -0.3 is 14.8 Å². The Labute approximate surface area is 149 Å². The Bertz CT molecular complexity index is 925. The zero-order valence-corrected chi connectivity index (χ0v) is 14.5. The molecule has 1 aromatic carbocycles. The molecule has 2 aromatic heterocycles. The van der Waals surface area contributed by atoms with Crippen LogP contribution in [0.3, 0.4) is 0 Å². The molecule has 7 heteroatoms.